The first-order valence-corrected chi connectivity index (χ1v) is 17.6. The van der Waals surface area contributed by atoms with Gasteiger partial charge in [-0.05, 0) is 93.0 Å². The van der Waals surface area contributed by atoms with Gasteiger partial charge in [0.2, 0.25) is 0 Å². The third-order valence-corrected chi connectivity index (χ3v) is 12.2. The maximum absolute atomic E-state index is 6.83. The van der Waals surface area contributed by atoms with Crippen LogP contribution in [-0.4, -0.2) is 4.57 Å². The van der Waals surface area contributed by atoms with Gasteiger partial charge in [0.05, 0.1) is 16.4 Å². The van der Waals surface area contributed by atoms with Crippen LogP contribution in [0.1, 0.15) is 21.6 Å². The Hall–Kier alpha value is -5.41. The van der Waals surface area contributed by atoms with Crippen LogP contribution in [0.25, 0.3) is 71.0 Å². The Morgan fingerprint density at radius 1 is 0.479 bits per heavy atom. The molecule has 0 saturated heterocycles. The van der Waals surface area contributed by atoms with Crippen molar-refractivity contribution in [2.45, 2.75) is 5.41 Å². The standard InChI is InChI=1S/C45H26ClNS/c46-29-20-24-35-39(26-29)45(44-43(35)36-12-4-8-16-42(36)48-44)37-13-5-1-9-31(37)32-23-19-28(25-38(32)45)27-17-21-30(22-18-27)47-40-14-6-2-10-33(40)34-11-3-7-15-41(34)47/h1-26H. The number of rotatable bonds is 2. The first-order chi connectivity index (χ1) is 23.7. The minimum atomic E-state index is -0.426. The molecule has 0 fully saturated rings. The minimum absolute atomic E-state index is 0.426. The van der Waals surface area contributed by atoms with Gasteiger partial charge in [-0.15, -0.1) is 11.3 Å². The molecule has 0 bridgehead atoms. The molecule has 1 atom stereocenters. The van der Waals surface area contributed by atoms with Crippen molar-refractivity contribution in [1.82, 2.24) is 4.57 Å². The summed E-state index contributed by atoms with van der Waals surface area (Å²) in [4.78, 5) is 1.39. The zero-order valence-corrected chi connectivity index (χ0v) is 27.3. The van der Waals surface area contributed by atoms with Crippen molar-refractivity contribution in [2.24, 2.45) is 0 Å². The Kier molecular flexibility index (Phi) is 5.31. The Bertz CT molecular complexity index is 2750. The molecule has 7 aromatic carbocycles. The smallest absolute Gasteiger partial charge is 0.0820 e. The van der Waals surface area contributed by atoms with Crippen molar-refractivity contribution in [2.75, 3.05) is 0 Å². The third kappa shape index (κ3) is 3.31. The average Bonchev–Trinajstić information content (AvgIpc) is 3.85. The van der Waals surface area contributed by atoms with Crippen molar-refractivity contribution in [3.05, 3.63) is 184 Å². The molecule has 3 heteroatoms. The fourth-order valence-electron chi connectivity index (χ4n) is 8.74. The van der Waals surface area contributed by atoms with E-state index in [9.17, 15) is 0 Å². The van der Waals surface area contributed by atoms with Crippen molar-refractivity contribution >= 4 is 54.8 Å². The Morgan fingerprint density at radius 3 is 1.88 bits per heavy atom. The number of nitrogens with zero attached hydrogens (tertiary/aromatic N) is 1. The predicted molar refractivity (Wildman–Crippen MR) is 203 cm³/mol. The van der Waals surface area contributed by atoms with E-state index in [2.05, 4.69) is 156 Å². The van der Waals surface area contributed by atoms with E-state index >= 15 is 0 Å². The van der Waals surface area contributed by atoms with Crippen LogP contribution in [0.5, 0.6) is 0 Å². The van der Waals surface area contributed by atoms with E-state index in [1.54, 1.807) is 0 Å². The van der Waals surface area contributed by atoms with E-state index in [0.29, 0.717) is 0 Å². The first-order valence-electron chi connectivity index (χ1n) is 16.4. The summed E-state index contributed by atoms with van der Waals surface area (Å²) in [6.45, 7) is 0. The van der Waals surface area contributed by atoms with Crippen LogP contribution >= 0.6 is 22.9 Å². The normalized spacial score (nSPS) is 15.7. The Labute approximate surface area is 286 Å². The SMILES string of the molecule is Clc1ccc2c(c1)C1(c3ccccc3-c3ccc(-c4ccc(-n5c6ccccc6c6ccccc65)cc4)cc31)c1sc3ccccc3c1-2. The van der Waals surface area contributed by atoms with Gasteiger partial charge >= 0.3 is 0 Å². The molecule has 0 radical (unpaired) electrons. The molecule has 1 nitrogen and oxygen atoms in total. The quantitative estimate of drug-likeness (QED) is 0.176. The Morgan fingerprint density at radius 2 is 1.08 bits per heavy atom. The van der Waals surface area contributed by atoms with Crippen LogP contribution in [0.2, 0.25) is 5.02 Å². The van der Waals surface area contributed by atoms with E-state index in [4.69, 9.17) is 11.6 Å². The predicted octanol–water partition coefficient (Wildman–Crippen LogP) is 12.7. The van der Waals surface area contributed by atoms with Gasteiger partial charge in [0.1, 0.15) is 0 Å². The van der Waals surface area contributed by atoms with E-state index in [-0.39, 0.29) is 0 Å². The van der Waals surface area contributed by atoms with E-state index in [1.807, 2.05) is 17.4 Å². The molecule has 11 rings (SSSR count). The van der Waals surface area contributed by atoms with E-state index in [0.717, 1.165) is 10.7 Å². The molecule has 0 N–H and O–H groups in total. The summed E-state index contributed by atoms with van der Waals surface area (Å²) < 4.78 is 3.70. The fourth-order valence-corrected chi connectivity index (χ4v) is 10.4. The van der Waals surface area contributed by atoms with Gasteiger partial charge in [-0.25, -0.2) is 0 Å². The third-order valence-electron chi connectivity index (χ3n) is 10.7. The number of benzene rings is 7. The summed E-state index contributed by atoms with van der Waals surface area (Å²) in [5.41, 5.74) is 14.8. The van der Waals surface area contributed by atoms with Gasteiger partial charge in [-0.3, -0.25) is 0 Å². The summed E-state index contributed by atoms with van der Waals surface area (Å²) in [5, 5.41) is 4.65. The summed E-state index contributed by atoms with van der Waals surface area (Å²) in [5.74, 6) is 0. The van der Waals surface area contributed by atoms with E-state index in [1.165, 1.54) is 86.8 Å². The second-order valence-corrected chi connectivity index (χ2v) is 14.5. The lowest BCUT2D eigenvalue weighted by atomic mass is 9.73. The number of aromatic nitrogens is 1. The van der Waals surface area contributed by atoms with E-state index < -0.39 is 5.41 Å². The highest BCUT2D eigenvalue weighted by Crippen LogP contribution is 2.66. The van der Waals surface area contributed by atoms with Gasteiger partial charge in [0.25, 0.3) is 0 Å². The lowest BCUT2D eigenvalue weighted by molar-refractivity contribution is 0.812. The molecule has 224 valence electrons. The Balaban J connectivity index is 1.13. The summed E-state index contributed by atoms with van der Waals surface area (Å²) >= 11 is 8.76. The van der Waals surface area contributed by atoms with Crippen LogP contribution in [0, 0.1) is 0 Å². The van der Waals surface area contributed by atoms with Crippen LogP contribution in [-0.2, 0) is 5.41 Å². The molecule has 9 aromatic rings. The van der Waals surface area contributed by atoms with Crippen LogP contribution < -0.4 is 0 Å². The number of para-hydroxylation sites is 2. The summed E-state index contributed by atoms with van der Waals surface area (Å²) in [6.07, 6.45) is 0. The molecule has 2 heterocycles. The highest BCUT2D eigenvalue weighted by atomic mass is 35.5. The van der Waals surface area contributed by atoms with Gasteiger partial charge in [0.15, 0.2) is 0 Å². The zero-order chi connectivity index (χ0) is 31.6. The first kappa shape index (κ1) is 26.6. The zero-order valence-electron chi connectivity index (χ0n) is 25.7. The second-order valence-electron chi connectivity index (χ2n) is 13.0. The highest BCUT2D eigenvalue weighted by Gasteiger charge is 2.53. The number of hydrogen-bond donors (Lipinski definition) is 0. The molecule has 1 unspecified atom stereocenters. The number of fused-ring (bicyclic) bond motifs is 15. The molecule has 0 aliphatic heterocycles. The number of thiophene rings is 1. The molecule has 1 spiro atoms. The van der Waals surface area contributed by atoms with Gasteiger partial charge in [-0.2, -0.15) is 0 Å². The van der Waals surface area contributed by atoms with Crippen molar-refractivity contribution in [3.8, 4) is 39.1 Å². The largest absolute Gasteiger partial charge is 0.309 e. The lowest BCUT2D eigenvalue weighted by Gasteiger charge is -2.29. The van der Waals surface area contributed by atoms with Crippen molar-refractivity contribution in [3.63, 3.8) is 0 Å². The maximum atomic E-state index is 6.83. The van der Waals surface area contributed by atoms with Gasteiger partial charge in [0, 0.05) is 42.0 Å². The average molecular weight is 648 g/mol. The highest BCUT2D eigenvalue weighted by molar-refractivity contribution is 7.20. The second kappa shape index (κ2) is 9.58. The molecule has 0 saturated carbocycles. The van der Waals surface area contributed by atoms with Gasteiger partial charge in [-0.1, -0.05) is 121 Å². The summed E-state index contributed by atoms with van der Waals surface area (Å²) in [6, 6.07) is 57.9. The molecule has 2 aliphatic carbocycles. The topological polar surface area (TPSA) is 4.93 Å². The summed E-state index contributed by atoms with van der Waals surface area (Å²) in [7, 11) is 0. The lowest BCUT2D eigenvalue weighted by Crippen LogP contribution is -2.25. The van der Waals surface area contributed by atoms with Crippen LogP contribution in [0.3, 0.4) is 0 Å². The van der Waals surface area contributed by atoms with Crippen LogP contribution in [0.15, 0.2) is 158 Å². The minimum Gasteiger partial charge on any atom is -0.309 e. The fraction of sp³-hybridized carbons (Fsp3) is 0.0222. The molecule has 0 amide bonds. The molecule has 2 aromatic heterocycles. The monoisotopic (exact) mass is 647 g/mol. The number of hydrogen-bond acceptors (Lipinski definition) is 1. The molecular formula is C45H26ClNS. The molecular weight excluding hydrogens is 622 g/mol. The van der Waals surface area contributed by atoms with Crippen LogP contribution in [0.4, 0.5) is 0 Å². The molecule has 2 aliphatic rings. The molecule has 48 heavy (non-hydrogen) atoms. The van der Waals surface area contributed by atoms with Crippen molar-refractivity contribution < 1.29 is 0 Å². The maximum Gasteiger partial charge on any atom is 0.0820 e. The number of halogens is 1. The van der Waals surface area contributed by atoms with Crippen molar-refractivity contribution in [1.29, 1.82) is 0 Å². The van der Waals surface area contributed by atoms with Gasteiger partial charge < -0.3 is 4.57 Å².